The molecule has 0 radical (unpaired) electrons. The lowest BCUT2D eigenvalue weighted by molar-refractivity contribution is -0.143. The zero-order valence-electron chi connectivity index (χ0n) is 16.3. The Morgan fingerprint density at radius 1 is 1.23 bits per heavy atom. The van der Waals surface area contributed by atoms with Gasteiger partial charge in [0.1, 0.15) is 0 Å². The molecule has 8 nitrogen and oxygen atoms in total. The Hall–Kier alpha value is -3.44. The van der Waals surface area contributed by atoms with Crippen LogP contribution in [0.1, 0.15) is 29.7 Å². The van der Waals surface area contributed by atoms with Crippen LogP contribution in [0.3, 0.4) is 0 Å². The molecule has 0 bridgehead atoms. The Labute approximate surface area is 173 Å². The molecule has 1 aliphatic heterocycles. The molecule has 1 aliphatic rings. The maximum atomic E-state index is 13.8. The highest BCUT2D eigenvalue weighted by molar-refractivity contribution is 5.94. The topological polar surface area (TPSA) is 101 Å². The first kappa shape index (κ1) is 20.8. The summed E-state index contributed by atoms with van der Waals surface area (Å²) >= 11 is 0. The van der Waals surface area contributed by atoms with Crippen LogP contribution >= 0.6 is 0 Å². The van der Waals surface area contributed by atoms with E-state index in [1.165, 1.54) is 11.1 Å². The first-order valence-electron chi connectivity index (χ1n) is 9.47. The van der Waals surface area contributed by atoms with Crippen LogP contribution in [0.15, 0.2) is 24.7 Å². The van der Waals surface area contributed by atoms with Gasteiger partial charge in [-0.25, -0.2) is 9.37 Å². The summed E-state index contributed by atoms with van der Waals surface area (Å²) in [6.07, 6.45) is 0.440. The van der Waals surface area contributed by atoms with Crippen molar-refractivity contribution in [3.63, 3.8) is 0 Å². The number of rotatable bonds is 4. The Morgan fingerprint density at radius 2 is 2.00 bits per heavy atom. The van der Waals surface area contributed by atoms with Crippen molar-refractivity contribution in [2.75, 3.05) is 11.4 Å². The lowest BCUT2D eigenvalue weighted by Crippen LogP contribution is -2.42. The molecule has 4 heterocycles. The fraction of sp³-hybridized carbons (Fsp3) is 0.368. The maximum absolute atomic E-state index is 13.8. The third kappa shape index (κ3) is 4.23. The molecule has 0 saturated carbocycles. The SMILES string of the molecule is Cc1cnncc1-c1nc(N2CCCC(Cc3cnc(C(F)(F)F)c(F)c3)C2=O)n[nH]1. The van der Waals surface area contributed by atoms with Gasteiger partial charge in [-0.1, -0.05) is 0 Å². The largest absolute Gasteiger partial charge is 0.436 e. The number of nitrogens with one attached hydrogen (secondary N) is 1. The number of pyridine rings is 1. The average molecular weight is 435 g/mol. The molecular weight excluding hydrogens is 418 g/mol. The molecule has 1 atom stereocenters. The summed E-state index contributed by atoms with van der Waals surface area (Å²) in [6.45, 7) is 2.24. The van der Waals surface area contributed by atoms with Gasteiger partial charge in [0, 0.05) is 24.2 Å². The zero-order chi connectivity index (χ0) is 22.2. The number of aromatic nitrogens is 6. The Morgan fingerprint density at radius 3 is 2.71 bits per heavy atom. The molecular formula is C19H17F4N7O. The molecule has 31 heavy (non-hydrogen) atoms. The second-order valence-corrected chi connectivity index (χ2v) is 7.27. The number of aromatic amines is 1. The van der Waals surface area contributed by atoms with Crippen LogP contribution < -0.4 is 4.90 Å². The molecule has 3 aromatic rings. The molecule has 1 N–H and O–H groups in total. The van der Waals surface area contributed by atoms with Gasteiger partial charge in [0.25, 0.3) is 5.95 Å². The quantitative estimate of drug-likeness (QED) is 0.632. The van der Waals surface area contributed by atoms with Crippen LogP contribution in [-0.4, -0.2) is 42.8 Å². The average Bonchev–Trinajstić information content (AvgIpc) is 3.19. The number of hydrogen-bond acceptors (Lipinski definition) is 6. The summed E-state index contributed by atoms with van der Waals surface area (Å²) in [5.41, 5.74) is 0.181. The second-order valence-electron chi connectivity index (χ2n) is 7.27. The number of amides is 1. The van der Waals surface area contributed by atoms with E-state index in [2.05, 4.69) is 30.4 Å². The van der Waals surface area contributed by atoms with Crippen LogP contribution in [0.25, 0.3) is 11.4 Å². The van der Waals surface area contributed by atoms with Gasteiger partial charge in [0.2, 0.25) is 5.91 Å². The summed E-state index contributed by atoms with van der Waals surface area (Å²) in [4.78, 5) is 22.0. The molecule has 3 aromatic heterocycles. The van der Waals surface area contributed by atoms with Crippen molar-refractivity contribution in [2.24, 2.45) is 5.92 Å². The lowest BCUT2D eigenvalue weighted by Gasteiger charge is -2.30. The minimum absolute atomic E-state index is 0.0715. The fourth-order valence-corrected chi connectivity index (χ4v) is 3.54. The number of anilines is 1. The molecule has 0 spiro atoms. The van der Waals surface area contributed by atoms with E-state index in [1.54, 1.807) is 6.20 Å². The normalized spacial score (nSPS) is 17.3. The number of alkyl halides is 3. The molecule has 12 heteroatoms. The highest BCUT2D eigenvalue weighted by Crippen LogP contribution is 2.31. The van der Waals surface area contributed by atoms with Crippen molar-refractivity contribution >= 4 is 11.9 Å². The van der Waals surface area contributed by atoms with E-state index in [0.29, 0.717) is 30.8 Å². The zero-order valence-corrected chi connectivity index (χ0v) is 16.3. The van der Waals surface area contributed by atoms with Crippen molar-refractivity contribution in [3.05, 3.63) is 47.3 Å². The van der Waals surface area contributed by atoms with Gasteiger partial charge in [-0.05, 0) is 43.4 Å². The van der Waals surface area contributed by atoms with Crippen LogP contribution in [-0.2, 0) is 17.4 Å². The predicted molar refractivity (Wildman–Crippen MR) is 100 cm³/mol. The van der Waals surface area contributed by atoms with Gasteiger partial charge in [-0.2, -0.15) is 28.4 Å². The van der Waals surface area contributed by atoms with E-state index in [-0.39, 0.29) is 23.8 Å². The minimum Gasteiger partial charge on any atom is -0.279 e. The summed E-state index contributed by atoms with van der Waals surface area (Å²) in [5.74, 6) is -1.64. The Kier molecular flexibility index (Phi) is 5.38. The van der Waals surface area contributed by atoms with Gasteiger partial charge in [0.05, 0.1) is 12.4 Å². The van der Waals surface area contributed by atoms with Gasteiger partial charge >= 0.3 is 6.18 Å². The van der Waals surface area contributed by atoms with Gasteiger partial charge in [-0.15, -0.1) is 5.10 Å². The van der Waals surface area contributed by atoms with Crippen LogP contribution in [0.4, 0.5) is 23.5 Å². The van der Waals surface area contributed by atoms with E-state index < -0.39 is 23.6 Å². The maximum Gasteiger partial charge on any atom is 0.436 e. The van der Waals surface area contributed by atoms with Crippen molar-refractivity contribution in [2.45, 2.75) is 32.4 Å². The van der Waals surface area contributed by atoms with Crippen molar-refractivity contribution in [3.8, 4) is 11.4 Å². The summed E-state index contributed by atoms with van der Waals surface area (Å²) in [7, 11) is 0. The smallest absolute Gasteiger partial charge is 0.279 e. The third-order valence-electron chi connectivity index (χ3n) is 5.10. The molecule has 1 fully saturated rings. The van der Waals surface area contributed by atoms with Crippen LogP contribution in [0.5, 0.6) is 0 Å². The van der Waals surface area contributed by atoms with Crippen LogP contribution in [0, 0.1) is 18.7 Å². The number of aryl methyl sites for hydroxylation is 1. The second kappa shape index (κ2) is 8.00. The first-order valence-corrected chi connectivity index (χ1v) is 9.47. The number of H-pyrrole nitrogens is 1. The number of piperidine rings is 1. The summed E-state index contributed by atoms with van der Waals surface area (Å²) in [5, 5.41) is 14.5. The van der Waals surface area contributed by atoms with E-state index in [9.17, 15) is 22.4 Å². The Bertz CT molecular complexity index is 1110. The highest BCUT2D eigenvalue weighted by atomic mass is 19.4. The predicted octanol–water partition coefficient (Wildman–Crippen LogP) is 3.11. The van der Waals surface area contributed by atoms with E-state index in [1.807, 2.05) is 6.92 Å². The summed E-state index contributed by atoms with van der Waals surface area (Å²) in [6, 6.07) is 0.784. The highest BCUT2D eigenvalue weighted by Gasteiger charge is 2.37. The number of carbonyl (C=O) groups is 1. The monoisotopic (exact) mass is 435 g/mol. The number of halogens is 4. The number of nitrogens with zero attached hydrogens (tertiary/aromatic N) is 6. The number of hydrogen-bond donors (Lipinski definition) is 1. The van der Waals surface area contributed by atoms with Crippen molar-refractivity contribution in [1.82, 2.24) is 30.4 Å². The van der Waals surface area contributed by atoms with Gasteiger partial charge < -0.3 is 0 Å². The standard InChI is InChI=1S/C19H17F4N7O/c1-10-7-25-26-9-13(10)16-27-18(29-28-16)30-4-2-3-12(17(30)31)5-11-6-14(20)15(24-8-11)19(21,22)23/h6-9,12H,2-5H2,1H3,(H,27,28,29). The Balaban J connectivity index is 1.52. The van der Waals surface area contributed by atoms with E-state index in [4.69, 9.17) is 0 Å². The summed E-state index contributed by atoms with van der Waals surface area (Å²) < 4.78 is 51.9. The molecule has 1 amide bonds. The van der Waals surface area contributed by atoms with E-state index in [0.717, 1.165) is 17.8 Å². The minimum atomic E-state index is -4.87. The van der Waals surface area contributed by atoms with Gasteiger partial charge in [0.15, 0.2) is 17.3 Å². The van der Waals surface area contributed by atoms with E-state index >= 15 is 0 Å². The first-order chi connectivity index (χ1) is 14.7. The van der Waals surface area contributed by atoms with Gasteiger partial charge in [-0.3, -0.25) is 14.8 Å². The molecule has 162 valence electrons. The molecule has 0 aromatic carbocycles. The lowest BCUT2D eigenvalue weighted by atomic mass is 9.91. The van der Waals surface area contributed by atoms with Crippen LogP contribution in [0.2, 0.25) is 0 Å². The fourth-order valence-electron chi connectivity index (χ4n) is 3.54. The third-order valence-corrected chi connectivity index (χ3v) is 5.10. The van der Waals surface area contributed by atoms with Crippen molar-refractivity contribution < 1.29 is 22.4 Å². The molecule has 4 rings (SSSR count). The molecule has 1 saturated heterocycles. The number of carbonyl (C=O) groups excluding carboxylic acids is 1. The molecule has 1 unspecified atom stereocenters. The van der Waals surface area contributed by atoms with Crippen molar-refractivity contribution in [1.29, 1.82) is 0 Å². The molecule has 0 aliphatic carbocycles.